The van der Waals surface area contributed by atoms with Crippen LogP contribution in [0.2, 0.25) is 0 Å². The van der Waals surface area contributed by atoms with Crippen LogP contribution in [0.25, 0.3) is 0 Å². The molecule has 2 aromatic carbocycles. The number of carbonyl (C=O) groups excluding carboxylic acids is 1. The van der Waals surface area contributed by atoms with Gasteiger partial charge < -0.3 is 9.80 Å². The number of anilines is 1. The summed E-state index contributed by atoms with van der Waals surface area (Å²) in [5.41, 5.74) is 3.95. The molecule has 1 unspecified atom stereocenters. The fourth-order valence-corrected chi connectivity index (χ4v) is 5.67. The number of benzene rings is 2. The van der Waals surface area contributed by atoms with E-state index in [1.807, 2.05) is 12.1 Å². The average molecular weight is 538 g/mol. The third-order valence-corrected chi connectivity index (χ3v) is 7.73. The molecular weight excluding hydrogens is 503 g/mol. The van der Waals surface area contributed by atoms with Crippen molar-refractivity contribution in [2.75, 3.05) is 44.7 Å². The van der Waals surface area contributed by atoms with E-state index in [9.17, 15) is 18.0 Å². The van der Waals surface area contributed by atoms with Crippen LogP contribution >= 0.6 is 0 Å². The molecule has 9 heteroatoms. The monoisotopic (exact) mass is 537 g/mol. The predicted molar refractivity (Wildman–Crippen MR) is 145 cm³/mol. The van der Waals surface area contributed by atoms with Gasteiger partial charge in [0.2, 0.25) is 0 Å². The summed E-state index contributed by atoms with van der Waals surface area (Å²) in [7, 11) is 2.06. The molecule has 1 fully saturated rings. The molecule has 3 heterocycles. The first-order chi connectivity index (χ1) is 18.7. The molecule has 0 spiro atoms. The lowest BCUT2D eigenvalue weighted by atomic mass is 9.88. The smallest absolute Gasteiger partial charge is 0.364 e. The average Bonchev–Trinajstić information content (AvgIpc) is 3.11. The summed E-state index contributed by atoms with van der Waals surface area (Å²) in [5.74, 6) is 0.0650. The Balaban J connectivity index is 1.36. The van der Waals surface area contributed by atoms with Gasteiger partial charge in [-0.3, -0.25) is 9.69 Å². The van der Waals surface area contributed by atoms with Crippen molar-refractivity contribution in [1.82, 2.24) is 19.8 Å². The van der Waals surface area contributed by atoms with Crippen molar-refractivity contribution in [1.29, 1.82) is 0 Å². The molecule has 1 saturated heterocycles. The Hall–Kier alpha value is -3.30. The first-order valence-electron chi connectivity index (χ1n) is 13.4. The third-order valence-electron chi connectivity index (χ3n) is 7.73. The Labute approximate surface area is 227 Å². The molecule has 1 atom stereocenters. The minimum Gasteiger partial charge on any atom is -0.364 e. The van der Waals surface area contributed by atoms with Crippen molar-refractivity contribution in [2.45, 2.75) is 44.9 Å². The van der Waals surface area contributed by atoms with Crippen molar-refractivity contribution >= 4 is 11.5 Å². The number of fused-ring (bicyclic) bond motifs is 1. The minimum atomic E-state index is -4.47. The fourth-order valence-electron chi connectivity index (χ4n) is 5.67. The van der Waals surface area contributed by atoms with Gasteiger partial charge in [0.25, 0.3) is 0 Å². The molecule has 1 aromatic heterocycles. The van der Waals surface area contributed by atoms with Gasteiger partial charge in [-0.25, -0.2) is 9.97 Å². The number of likely N-dealkylation sites (N-methyl/N-ethyl adjacent to an activating group) is 1. The van der Waals surface area contributed by atoms with Gasteiger partial charge in [-0.05, 0) is 72.9 Å². The van der Waals surface area contributed by atoms with Crippen molar-refractivity contribution in [3.63, 3.8) is 0 Å². The van der Waals surface area contributed by atoms with Gasteiger partial charge in [-0.15, -0.1) is 0 Å². The first-order valence-corrected chi connectivity index (χ1v) is 13.4. The molecular formula is C30H34F3N5O. The highest BCUT2D eigenvalue weighted by Crippen LogP contribution is 2.33. The number of alkyl halides is 3. The third kappa shape index (κ3) is 6.65. The zero-order valence-electron chi connectivity index (χ0n) is 22.4. The van der Waals surface area contributed by atoms with Gasteiger partial charge in [-0.1, -0.05) is 25.1 Å². The summed E-state index contributed by atoms with van der Waals surface area (Å²) in [6.07, 6.45) is 1.47. The first kappa shape index (κ1) is 27.3. The summed E-state index contributed by atoms with van der Waals surface area (Å²) in [5, 5.41) is 0. The van der Waals surface area contributed by atoms with Crippen molar-refractivity contribution in [2.24, 2.45) is 0 Å². The number of carbonyl (C=O) groups is 1. The lowest BCUT2D eigenvalue weighted by Gasteiger charge is -2.34. The Bertz CT molecular complexity index is 1310. The van der Waals surface area contributed by atoms with E-state index < -0.39 is 11.7 Å². The Morgan fingerprint density at radius 2 is 1.77 bits per heavy atom. The number of hydrogen-bond acceptors (Lipinski definition) is 6. The van der Waals surface area contributed by atoms with Gasteiger partial charge in [0.15, 0.2) is 5.78 Å². The van der Waals surface area contributed by atoms with Gasteiger partial charge in [0.1, 0.15) is 6.33 Å². The van der Waals surface area contributed by atoms with E-state index in [-0.39, 0.29) is 18.1 Å². The highest BCUT2D eigenvalue weighted by Gasteiger charge is 2.32. The quantitative estimate of drug-likeness (QED) is 0.404. The van der Waals surface area contributed by atoms with Crippen LogP contribution in [-0.2, 0) is 25.7 Å². The zero-order chi connectivity index (χ0) is 27.6. The number of hydrogen-bond donors (Lipinski definition) is 0. The fraction of sp³-hybridized carbons (Fsp3) is 0.433. The van der Waals surface area contributed by atoms with E-state index in [0.717, 1.165) is 56.5 Å². The molecule has 39 heavy (non-hydrogen) atoms. The Kier molecular flexibility index (Phi) is 8.00. The summed E-state index contributed by atoms with van der Waals surface area (Å²) < 4.78 is 41.4. The van der Waals surface area contributed by atoms with Crippen LogP contribution in [0.5, 0.6) is 0 Å². The molecule has 5 rings (SSSR count). The van der Waals surface area contributed by atoms with E-state index in [1.54, 1.807) is 24.5 Å². The SMILES string of the molecule is CC1CN(c2cncnc2)Cc2cc(C(=O)Cc3cc(CN4CCCN(C)CC4)cc(C(F)(F)F)c3)ccc21. The molecule has 3 aromatic rings. The number of aromatic nitrogens is 2. The van der Waals surface area contributed by atoms with E-state index in [0.29, 0.717) is 29.8 Å². The van der Waals surface area contributed by atoms with Crippen LogP contribution in [0.1, 0.15) is 57.4 Å². The maximum atomic E-state index is 13.8. The maximum absolute atomic E-state index is 13.8. The molecule has 0 N–H and O–H groups in total. The molecule has 2 aliphatic rings. The highest BCUT2D eigenvalue weighted by molar-refractivity contribution is 5.97. The number of halogens is 3. The van der Waals surface area contributed by atoms with E-state index in [1.165, 1.54) is 18.0 Å². The van der Waals surface area contributed by atoms with Crippen LogP contribution in [-0.4, -0.2) is 65.3 Å². The second kappa shape index (κ2) is 11.4. The normalized spacial score (nSPS) is 19.0. The highest BCUT2D eigenvalue weighted by atomic mass is 19.4. The second-order valence-electron chi connectivity index (χ2n) is 10.9. The maximum Gasteiger partial charge on any atom is 0.416 e. The van der Waals surface area contributed by atoms with Crippen LogP contribution in [0.15, 0.2) is 55.1 Å². The standard InChI is InChI=1S/C30H34F3N5O/c1-21-17-38(27-15-34-20-35-16-27)19-25-14-24(4-5-28(21)25)29(39)13-22-10-23(12-26(11-22)30(31,32)33)18-37-7-3-6-36(2)8-9-37/h4-5,10-12,14-16,20-21H,3,6-9,13,17-19H2,1-2H3. The topological polar surface area (TPSA) is 52.6 Å². The number of nitrogens with zero attached hydrogens (tertiary/aromatic N) is 5. The minimum absolute atomic E-state index is 0.0791. The van der Waals surface area contributed by atoms with Gasteiger partial charge >= 0.3 is 6.18 Å². The van der Waals surface area contributed by atoms with Crippen LogP contribution in [0.4, 0.5) is 18.9 Å². The van der Waals surface area contributed by atoms with Crippen molar-refractivity contribution < 1.29 is 18.0 Å². The number of Topliss-reactive ketones (excluding diaryl/α,β-unsaturated/α-hetero) is 1. The molecule has 2 aliphatic heterocycles. The van der Waals surface area contributed by atoms with Crippen molar-refractivity contribution in [3.05, 3.63) is 88.5 Å². The number of rotatable bonds is 6. The van der Waals surface area contributed by atoms with Crippen LogP contribution in [0, 0.1) is 0 Å². The van der Waals surface area contributed by atoms with E-state index in [2.05, 4.69) is 38.6 Å². The molecule has 206 valence electrons. The summed E-state index contributed by atoms with van der Waals surface area (Å²) >= 11 is 0. The van der Waals surface area contributed by atoms with Gasteiger partial charge in [0, 0.05) is 44.7 Å². The molecule has 0 radical (unpaired) electrons. The summed E-state index contributed by atoms with van der Waals surface area (Å²) in [4.78, 5) is 28.2. The molecule has 0 aliphatic carbocycles. The van der Waals surface area contributed by atoms with Crippen molar-refractivity contribution in [3.8, 4) is 0 Å². The summed E-state index contributed by atoms with van der Waals surface area (Å²) in [6, 6.07) is 9.80. The molecule has 0 bridgehead atoms. The molecule has 0 saturated carbocycles. The second-order valence-corrected chi connectivity index (χ2v) is 10.9. The van der Waals surface area contributed by atoms with Gasteiger partial charge in [0.05, 0.1) is 23.6 Å². The van der Waals surface area contributed by atoms with E-state index in [4.69, 9.17) is 0 Å². The molecule has 6 nitrogen and oxygen atoms in total. The van der Waals surface area contributed by atoms with Crippen LogP contribution < -0.4 is 4.90 Å². The largest absolute Gasteiger partial charge is 0.416 e. The van der Waals surface area contributed by atoms with E-state index >= 15 is 0 Å². The Morgan fingerprint density at radius 1 is 1.00 bits per heavy atom. The lowest BCUT2D eigenvalue weighted by molar-refractivity contribution is -0.137. The Morgan fingerprint density at radius 3 is 2.54 bits per heavy atom. The number of ketones is 1. The molecule has 0 amide bonds. The summed E-state index contributed by atoms with van der Waals surface area (Å²) in [6.45, 7) is 7.53. The van der Waals surface area contributed by atoms with Crippen LogP contribution in [0.3, 0.4) is 0 Å². The zero-order valence-corrected chi connectivity index (χ0v) is 22.4. The van der Waals surface area contributed by atoms with Gasteiger partial charge in [-0.2, -0.15) is 13.2 Å². The lowest BCUT2D eigenvalue weighted by Crippen LogP contribution is -2.33. The predicted octanol–water partition coefficient (Wildman–Crippen LogP) is 5.18.